The molecule has 5 atom stereocenters. The molecule has 3 N–H and O–H groups in total. The van der Waals surface area contributed by atoms with Gasteiger partial charge in [-0.2, -0.15) is 0 Å². The fourth-order valence-corrected chi connectivity index (χ4v) is 9.63. The average Bonchev–Trinajstić information content (AvgIpc) is 4.05. The minimum Gasteiger partial charge on any atom is -0.471 e. The predicted octanol–water partition coefficient (Wildman–Crippen LogP) is 4.48. The summed E-state index contributed by atoms with van der Waals surface area (Å²) >= 11 is 1.37. The minimum absolute atomic E-state index is 0.0742. The van der Waals surface area contributed by atoms with Gasteiger partial charge in [0.25, 0.3) is 5.91 Å². The number of benzene rings is 2. The Morgan fingerprint density at radius 2 is 1.82 bits per heavy atom. The Kier molecular flexibility index (Phi) is 9.72. The fourth-order valence-electron chi connectivity index (χ4n) is 7.49. The number of aromatic nitrogens is 3. The first-order valence-corrected chi connectivity index (χ1v) is 20.9. The minimum atomic E-state index is -4.10. The van der Waals surface area contributed by atoms with Gasteiger partial charge in [0, 0.05) is 17.4 Å². The molecule has 1 saturated heterocycles. The highest BCUT2D eigenvalue weighted by Gasteiger charge is 2.66. The van der Waals surface area contributed by atoms with E-state index in [1.54, 1.807) is 6.07 Å². The number of alkyl halides is 2. The van der Waals surface area contributed by atoms with Crippen LogP contribution in [0.4, 0.5) is 13.9 Å². The number of ether oxygens (including phenoxy) is 1. The van der Waals surface area contributed by atoms with Crippen LogP contribution in [0.25, 0.3) is 22.3 Å². The highest BCUT2D eigenvalue weighted by molar-refractivity contribution is 7.91. The Labute approximate surface area is 320 Å². The van der Waals surface area contributed by atoms with Crippen LogP contribution in [-0.2, 0) is 37.2 Å². The second kappa shape index (κ2) is 14.4. The molecule has 13 nitrogen and oxygen atoms in total. The smallest absolute Gasteiger partial charge is 0.259 e. The molecule has 8 rings (SSSR count). The number of halogens is 2. The van der Waals surface area contributed by atoms with E-state index in [1.165, 1.54) is 16.2 Å². The number of hydrogen-bond donors (Lipinski definition) is 3. The number of rotatable bonds is 7. The molecule has 3 amide bonds. The summed E-state index contributed by atoms with van der Waals surface area (Å²) in [6, 6.07) is 13.2. The van der Waals surface area contributed by atoms with Gasteiger partial charge in [-0.15, -0.1) is 11.3 Å². The van der Waals surface area contributed by atoms with Crippen molar-refractivity contribution >= 4 is 55.2 Å². The van der Waals surface area contributed by atoms with Crippen molar-refractivity contribution in [2.75, 3.05) is 11.9 Å². The summed E-state index contributed by atoms with van der Waals surface area (Å²) in [7, 11) is -4.10. The van der Waals surface area contributed by atoms with Crippen LogP contribution >= 0.6 is 11.3 Å². The molecule has 0 unspecified atom stereocenters. The third-order valence-electron chi connectivity index (χ3n) is 10.8. The van der Waals surface area contributed by atoms with Crippen LogP contribution in [0.1, 0.15) is 57.2 Å². The fraction of sp³-hybridized carbons (Fsp3) is 0.474. The van der Waals surface area contributed by atoms with E-state index >= 15 is 0 Å². The van der Waals surface area contributed by atoms with Gasteiger partial charge in [0.2, 0.25) is 34.1 Å². The van der Waals surface area contributed by atoms with Crippen LogP contribution in [0, 0.1) is 11.8 Å². The number of carbonyl (C=O) groups is 3. The lowest BCUT2D eigenvalue weighted by atomic mass is 10.0. The Morgan fingerprint density at radius 1 is 1.05 bits per heavy atom. The van der Waals surface area contributed by atoms with Crippen molar-refractivity contribution in [3.8, 4) is 17.1 Å². The summed E-state index contributed by atoms with van der Waals surface area (Å²) in [6.45, 7) is 3.64. The van der Waals surface area contributed by atoms with E-state index in [4.69, 9.17) is 19.7 Å². The molecule has 2 aromatic carbocycles. The van der Waals surface area contributed by atoms with Crippen LogP contribution in [0.3, 0.4) is 0 Å². The number of fused-ring (bicyclic) bond motifs is 9. The van der Waals surface area contributed by atoms with Gasteiger partial charge in [-0.25, -0.2) is 32.2 Å². The maximum Gasteiger partial charge on any atom is 0.259 e. The molecule has 0 spiro atoms. The summed E-state index contributed by atoms with van der Waals surface area (Å²) < 4.78 is 62.2. The van der Waals surface area contributed by atoms with Crippen LogP contribution in [0.2, 0.25) is 0 Å². The van der Waals surface area contributed by atoms with Crippen molar-refractivity contribution in [1.29, 1.82) is 0 Å². The molecule has 2 aliphatic heterocycles. The number of carbonyl (C=O) groups excluding carboxylic acids is 3. The molecular formula is C38H41F2N7O6S2. The number of nitrogens with zero attached hydrogens (tertiary/aromatic N) is 4. The molecule has 55 heavy (non-hydrogen) atoms. The van der Waals surface area contributed by atoms with Crippen LogP contribution in [0.5, 0.6) is 5.88 Å². The quantitative estimate of drug-likeness (QED) is 0.242. The Hall–Kier alpha value is -4.77. The Morgan fingerprint density at radius 3 is 2.53 bits per heavy atom. The van der Waals surface area contributed by atoms with E-state index in [9.17, 15) is 31.6 Å². The van der Waals surface area contributed by atoms with Crippen LogP contribution in [0.15, 0.2) is 53.9 Å². The molecule has 0 radical (unpaired) electrons. The van der Waals surface area contributed by atoms with Gasteiger partial charge in [0.1, 0.15) is 29.4 Å². The number of thiazole rings is 1. The van der Waals surface area contributed by atoms with E-state index in [-0.39, 0.29) is 24.8 Å². The lowest BCUT2D eigenvalue weighted by molar-refractivity contribution is -0.141. The summed E-state index contributed by atoms with van der Waals surface area (Å²) in [5.41, 5.74) is 2.27. The molecule has 6 bridgehead atoms. The lowest BCUT2D eigenvalue weighted by Gasteiger charge is -2.31. The van der Waals surface area contributed by atoms with Crippen molar-refractivity contribution in [1.82, 2.24) is 29.9 Å². The van der Waals surface area contributed by atoms with Gasteiger partial charge >= 0.3 is 0 Å². The van der Waals surface area contributed by atoms with Gasteiger partial charge in [-0.1, -0.05) is 44.2 Å². The van der Waals surface area contributed by atoms with E-state index in [0.717, 1.165) is 29.7 Å². The first-order valence-electron chi connectivity index (χ1n) is 18.5. The zero-order valence-electron chi connectivity index (χ0n) is 30.2. The standard InChI is InChI=1S/C38H41F2N7O6S2/c1-20(2)30-35(49)47-18-24(16-29(47)33(48)45-38(17-26(38)32(39)40)36(50)46-55(51,52)25-13-14-25)53-34-31(42-27-11-3-4-12-28(27)43-34)22-9-5-7-21(15-22)8-6-10-23-19-54-37(41-23)44-30/h3-5,7,9,11-12,15,19-20,24-26,29-30,32H,6,8,10,13-14,16-18H2,1-2H3,(H,41,44)(H,45,48)(H,46,50)/t24-,26+,29+,30+,38-/m1/s1. The molecule has 3 fully saturated rings. The van der Waals surface area contributed by atoms with Crippen LogP contribution < -0.4 is 20.1 Å². The SMILES string of the molecule is CC(C)[C@@H]1Nc2nc(cs2)CCCc2cccc(c2)-c2nc3ccccc3nc2O[C@@H]2C[C@@H](C(=O)N[C@]3(C(=O)NS(=O)(=O)C4CC4)C[C@H]3C(F)F)N(C2)C1=O. The first kappa shape index (κ1) is 37.2. The Bertz CT molecular complexity index is 2270. The molecule has 4 heterocycles. The number of amides is 3. The molecule has 2 aliphatic carbocycles. The second-order valence-corrected chi connectivity index (χ2v) is 18.0. The number of aryl methyl sites for hydroxylation is 2. The summed E-state index contributed by atoms with van der Waals surface area (Å²) in [6.07, 6.45) is -1.33. The number of anilines is 1. The Balaban J connectivity index is 1.17. The number of hydrogen-bond acceptors (Lipinski definition) is 11. The molecule has 290 valence electrons. The summed E-state index contributed by atoms with van der Waals surface area (Å²) in [5, 5.41) is 7.47. The zero-order valence-corrected chi connectivity index (χ0v) is 31.8. The largest absolute Gasteiger partial charge is 0.471 e. The molecule has 2 aromatic heterocycles. The van der Waals surface area contributed by atoms with Crippen LogP contribution in [-0.4, -0.2) is 87.9 Å². The normalized spacial score (nSPS) is 25.4. The summed E-state index contributed by atoms with van der Waals surface area (Å²) in [4.78, 5) is 58.1. The van der Waals surface area contributed by atoms with Gasteiger partial charge in [0.05, 0.1) is 34.4 Å². The topological polar surface area (TPSA) is 173 Å². The van der Waals surface area contributed by atoms with Crippen molar-refractivity contribution < 1.29 is 36.3 Å². The lowest BCUT2D eigenvalue weighted by Crippen LogP contribution is -2.58. The maximum atomic E-state index is 14.6. The molecular weight excluding hydrogens is 753 g/mol. The maximum absolute atomic E-state index is 14.6. The zero-order chi connectivity index (χ0) is 38.6. The number of sulfonamides is 1. The van der Waals surface area contributed by atoms with Gasteiger partial charge in [0.15, 0.2) is 5.13 Å². The van der Waals surface area contributed by atoms with Gasteiger partial charge in [-0.3, -0.25) is 19.1 Å². The molecule has 4 aliphatic rings. The van der Waals surface area contributed by atoms with Crippen molar-refractivity contribution in [3.63, 3.8) is 0 Å². The average molecular weight is 794 g/mol. The monoisotopic (exact) mass is 793 g/mol. The predicted molar refractivity (Wildman–Crippen MR) is 201 cm³/mol. The number of para-hydroxylation sites is 2. The van der Waals surface area contributed by atoms with E-state index < -0.39 is 75.5 Å². The van der Waals surface area contributed by atoms with Crippen molar-refractivity contribution in [2.45, 2.75) is 94.2 Å². The second-order valence-electron chi connectivity index (χ2n) is 15.2. The molecule has 2 saturated carbocycles. The highest BCUT2D eigenvalue weighted by Crippen LogP contribution is 2.48. The molecule has 17 heteroatoms. The highest BCUT2D eigenvalue weighted by atomic mass is 32.2. The number of nitrogens with one attached hydrogen (secondary N) is 3. The third kappa shape index (κ3) is 7.47. The van der Waals surface area contributed by atoms with Gasteiger partial charge < -0.3 is 20.3 Å². The van der Waals surface area contributed by atoms with Gasteiger partial charge in [-0.05, 0) is 68.2 Å². The molecule has 4 aromatic rings. The summed E-state index contributed by atoms with van der Waals surface area (Å²) in [5.74, 6) is -4.21. The van der Waals surface area contributed by atoms with Crippen molar-refractivity contribution in [3.05, 3.63) is 65.2 Å². The third-order valence-corrected chi connectivity index (χ3v) is 13.4. The van der Waals surface area contributed by atoms with Crippen molar-refractivity contribution in [2.24, 2.45) is 11.8 Å². The van der Waals surface area contributed by atoms with E-state index in [2.05, 4.69) is 16.7 Å². The van der Waals surface area contributed by atoms with E-state index in [1.807, 2.05) is 60.3 Å². The van der Waals surface area contributed by atoms with E-state index in [0.29, 0.717) is 41.1 Å². The first-order chi connectivity index (χ1) is 26.3.